The Morgan fingerprint density at radius 1 is 0.731 bits per heavy atom. The number of likely N-dealkylation sites (tertiary alicyclic amines) is 1. The largest absolute Gasteiger partial charge is 0.280 e. The standard InChI is InChI=1S/C25H25N/c1-2-24-19-12-20-26(24)25(21-13-6-3-7-14-21,22-15-8-4-9-16-22)23-17-10-5-11-18-23/h2-11,13-18,24H,1,12,19-20H2. The summed E-state index contributed by atoms with van der Waals surface area (Å²) in [6.07, 6.45) is 4.49. The van der Waals surface area contributed by atoms with Gasteiger partial charge < -0.3 is 0 Å². The Balaban J connectivity index is 2.05. The molecule has 0 N–H and O–H groups in total. The molecule has 26 heavy (non-hydrogen) atoms. The molecule has 3 aromatic carbocycles. The van der Waals surface area contributed by atoms with Gasteiger partial charge in [-0.05, 0) is 29.5 Å². The van der Waals surface area contributed by atoms with Crippen LogP contribution in [0.2, 0.25) is 0 Å². The van der Waals surface area contributed by atoms with E-state index in [9.17, 15) is 0 Å². The molecule has 0 aliphatic carbocycles. The van der Waals surface area contributed by atoms with Crippen molar-refractivity contribution >= 4 is 0 Å². The molecule has 1 saturated heterocycles. The number of hydrogen-bond donors (Lipinski definition) is 0. The van der Waals surface area contributed by atoms with Crippen LogP contribution in [0, 0.1) is 0 Å². The SMILES string of the molecule is C=CC1CCCN1C(c1ccccc1)(c1ccccc1)c1ccccc1. The fraction of sp³-hybridized carbons (Fsp3) is 0.200. The summed E-state index contributed by atoms with van der Waals surface area (Å²) in [5.74, 6) is 0. The highest BCUT2D eigenvalue weighted by atomic mass is 15.2. The fourth-order valence-electron chi connectivity index (χ4n) is 4.49. The van der Waals surface area contributed by atoms with Gasteiger partial charge in [0.1, 0.15) is 0 Å². The molecule has 1 aliphatic rings. The van der Waals surface area contributed by atoms with Crippen LogP contribution >= 0.6 is 0 Å². The van der Waals surface area contributed by atoms with Crippen LogP contribution in [-0.4, -0.2) is 17.5 Å². The van der Waals surface area contributed by atoms with Crippen molar-refractivity contribution in [1.29, 1.82) is 0 Å². The lowest BCUT2D eigenvalue weighted by Crippen LogP contribution is -2.49. The van der Waals surface area contributed by atoms with Gasteiger partial charge >= 0.3 is 0 Å². The molecule has 0 saturated carbocycles. The quantitative estimate of drug-likeness (QED) is 0.430. The van der Waals surface area contributed by atoms with Crippen molar-refractivity contribution in [2.45, 2.75) is 24.4 Å². The molecule has 1 atom stereocenters. The fourth-order valence-corrected chi connectivity index (χ4v) is 4.49. The first-order valence-electron chi connectivity index (χ1n) is 9.43. The van der Waals surface area contributed by atoms with Crippen LogP contribution in [0.4, 0.5) is 0 Å². The van der Waals surface area contributed by atoms with E-state index in [2.05, 4.69) is 109 Å². The molecule has 4 rings (SSSR count). The van der Waals surface area contributed by atoms with E-state index < -0.39 is 0 Å². The maximum Gasteiger partial charge on any atom is 0.0977 e. The lowest BCUT2D eigenvalue weighted by atomic mass is 9.75. The van der Waals surface area contributed by atoms with Crippen molar-refractivity contribution in [3.63, 3.8) is 0 Å². The first-order chi connectivity index (χ1) is 12.9. The van der Waals surface area contributed by atoms with Gasteiger partial charge in [0.05, 0.1) is 5.54 Å². The van der Waals surface area contributed by atoms with Gasteiger partial charge in [0.25, 0.3) is 0 Å². The number of nitrogens with zero attached hydrogens (tertiary/aromatic N) is 1. The van der Waals surface area contributed by atoms with Gasteiger partial charge in [-0.15, -0.1) is 6.58 Å². The zero-order valence-corrected chi connectivity index (χ0v) is 15.1. The molecule has 130 valence electrons. The Morgan fingerprint density at radius 3 is 1.54 bits per heavy atom. The maximum atomic E-state index is 4.15. The second kappa shape index (κ2) is 7.31. The molecule has 1 unspecified atom stereocenters. The first-order valence-corrected chi connectivity index (χ1v) is 9.43. The summed E-state index contributed by atoms with van der Waals surface area (Å²) in [6, 6.07) is 33.1. The third kappa shape index (κ3) is 2.69. The Labute approximate surface area is 156 Å². The van der Waals surface area contributed by atoms with Crippen LogP contribution in [0.25, 0.3) is 0 Å². The van der Waals surface area contributed by atoms with E-state index in [0.717, 1.165) is 13.0 Å². The molecule has 1 fully saturated rings. The lowest BCUT2D eigenvalue weighted by molar-refractivity contribution is 0.164. The smallest absolute Gasteiger partial charge is 0.0977 e. The van der Waals surface area contributed by atoms with E-state index >= 15 is 0 Å². The zero-order valence-electron chi connectivity index (χ0n) is 15.1. The minimum atomic E-state index is -0.306. The summed E-state index contributed by atoms with van der Waals surface area (Å²) in [5.41, 5.74) is 3.63. The summed E-state index contributed by atoms with van der Waals surface area (Å²) >= 11 is 0. The average Bonchev–Trinajstić information content (AvgIpc) is 3.20. The minimum Gasteiger partial charge on any atom is -0.280 e. The molecule has 0 spiro atoms. The van der Waals surface area contributed by atoms with Crippen molar-refractivity contribution < 1.29 is 0 Å². The van der Waals surface area contributed by atoms with Crippen LogP contribution in [0.1, 0.15) is 29.5 Å². The number of benzene rings is 3. The second-order valence-electron chi connectivity index (χ2n) is 6.95. The molecule has 0 amide bonds. The molecule has 1 heterocycles. The van der Waals surface area contributed by atoms with Crippen molar-refractivity contribution in [2.24, 2.45) is 0 Å². The predicted octanol–water partition coefficient (Wildman–Crippen LogP) is 5.63. The molecule has 0 aromatic heterocycles. The third-order valence-electron chi connectivity index (χ3n) is 5.58. The average molecular weight is 339 g/mol. The second-order valence-corrected chi connectivity index (χ2v) is 6.95. The Kier molecular flexibility index (Phi) is 4.73. The van der Waals surface area contributed by atoms with Crippen molar-refractivity contribution in [3.8, 4) is 0 Å². The predicted molar refractivity (Wildman–Crippen MR) is 109 cm³/mol. The van der Waals surface area contributed by atoms with Gasteiger partial charge in [0.2, 0.25) is 0 Å². The molecule has 0 radical (unpaired) electrons. The van der Waals surface area contributed by atoms with Crippen molar-refractivity contribution in [3.05, 3.63) is 120 Å². The van der Waals surface area contributed by atoms with Crippen molar-refractivity contribution in [2.75, 3.05) is 6.54 Å². The van der Waals surface area contributed by atoms with Gasteiger partial charge in [0, 0.05) is 12.6 Å². The molecular formula is C25H25N. The highest BCUT2D eigenvalue weighted by molar-refractivity contribution is 5.50. The van der Waals surface area contributed by atoms with E-state index in [1.54, 1.807) is 0 Å². The Morgan fingerprint density at radius 2 is 1.15 bits per heavy atom. The molecule has 1 aliphatic heterocycles. The van der Waals surface area contributed by atoms with Gasteiger partial charge in [-0.3, -0.25) is 4.90 Å². The highest BCUT2D eigenvalue weighted by Gasteiger charge is 2.45. The van der Waals surface area contributed by atoms with Crippen LogP contribution in [0.5, 0.6) is 0 Å². The zero-order chi connectivity index (χ0) is 17.8. The summed E-state index contributed by atoms with van der Waals surface area (Å²) < 4.78 is 0. The third-order valence-corrected chi connectivity index (χ3v) is 5.58. The van der Waals surface area contributed by atoms with E-state index in [1.165, 1.54) is 23.1 Å². The molecule has 3 aromatic rings. The van der Waals surface area contributed by atoms with E-state index in [-0.39, 0.29) is 5.54 Å². The van der Waals surface area contributed by atoms with E-state index in [0.29, 0.717) is 6.04 Å². The number of hydrogen-bond acceptors (Lipinski definition) is 1. The van der Waals surface area contributed by atoms with Crippen LogP contribution < -0.4 is 0 Å². The Bertz CT molecular complexity index is 742. The van der Waals surface area contributed by atoms with Crippen LogP contribution in [0.15, 0.2) is 104 Å². The topological polar surface area (TPSA) is 3.24 Å². The molecular weight excluding hydrogens is 314 g/mol. The molecule has 0 bridgehead atoms. The van der Waals surface area contributed by atoms with Gasteiger partial charge in [-0.2, -0.15) is 0 Å². The van der Waals surface area contributed by atoms with Crippen LogP contribution in [0.3, 0.4) is 0 Å². The molecule has 1 heteroatoms. The summed E-state index contributed by atoms with van der Waals surface area (Å²) in [6.45, 7) is 5.21. The summed E-state index contributed by atoms with van der Waals surface area (Å²) in [4.78, 5) is 2.64. The van der Waals surface area contributed by atoms with E-state index in [4.69, 9.17) is 0 Å². The number of rotatable bonds is 5. The Hall–Kier alpha value is -2.64. The van der Waals surface area contributed by atoms with Crippen LogP contribution in [-0.2, 0) is 5.54 Å². The first kappa shape index (κ1) is 16.8. The summed E-state index contributed by atoms with van der Waals surface area (Å²) in [7, 11) is 0. The summed E-state index contributed by atoms with van der Waals surface area (Å²) in [5, 5.41) is 0. The monoisotopic (exact) mass is 339 g/mol. The molecule has 1 nitrogen and oxygen atoms in total. The normalized spacial score (nSPS) is 17.9. The van der Waals surface area contributed by atoms with Gasteiger partial charge in [0.15, 0.2) is 0 Å². The van der Waals surface area contributed by atoms with Crippen molar-refractivity contribution in [1.82, 2.24) is 4.90 Å². The van der Waals surface area contributed by atoms with Gasteiger partial charge in [-0.25, -0.2) is 0 Å². The van der Waals surface area contributed by atoms with E-state index in [1.807, 2.05) is 0 Å². The van der Waals surface area contributed by atoms with Gasteiger partial charge in [-0.1, -0.05) is 97.1 Å². The minimum absolute atomic E-state index is 0.306. The lowest BCUT2D eigenvalue weighted by Gasteiger charge is -2.46. The maximum absolute atomic E-state index is 4.15. The highest BCUT2D eigenvalue weighted by Crippen LogP contribution is 2.45.